The molecule has 1 aromatic carbocycles. The molecule has 0 radical (unpaired) electrons. The molecule has 0 bridgehead atoms. The number of benzene rings is 1. The average Bonchev–Trinajstić information content (AvgIpc) is 2.36. The molecule has 0 fully saturated rings. The van der Waals surface area contributed by atoms with Crippen LogP contribution in [0.3, 0.4) is 0 Å². The summed E-state index contributed by atoms with van der Waals surface area (Å²) in [4.78, 5) is 11.4. The van der Waals surface area contributed by atoms with Gasteiger partial charge in [-0.25, -0.2) is 13.2 Å². The monoisotopic (exact) mass is 299 g/mol. The van der Waals surface area contributed by atoms with E-state index in [4.69, 9.17) is 0 Å². The van der Waals surface area contributed by atoms with Gasteiger partial charge in [-0.05, 0) is 18.1 Å². The van der Waals surface area contributed by atoms with Gasteiger partial charge >= 0.3 is 6.03 Å². The van der Waals surface area contributed by atoms with Crippen LogP contribution in [0.4, 0.5) is 10.5 Å². The first-order valence-electron chi connectivity index (χ1n) is 6.46. The number of carbonyl (C=O) groups is 1. The van der Waals surface area contributed by atoms with E-state index in [0.717, 1.165) is 0 Å². The van der Waals surface area contributed by atoms with Gasteiger partial charge in [0.05, 0.1) is 5.75 Å². The van der Waals surface area contributed by atoms with Crippen LogP contribution in [0.2, 0.25) is 0 Å². The summed E-state index contributed by atoms with van der Waals surface area (Å²) in [6.07, 6.45) is 0. The molecule has 0 aliphatic heterocycles. The third kappa shape index (κ3) is 6.98. The molecular formula is C13H21N3O3S. The molecule has 20 heavy (non-hydrogen) atoms. The van der Waals surface area contributed by atoms with Gasteiger partial charge in [0.2, 0.25) is 10.0 Å². The highest BCUT2D eigenvalue weighted by Crippen LogP contribution is 2.07. The fourth-order valence-electron chi connectivity index (χ4n) is 1.40. The summed E-state index contributed by atoms with van der Waals surface area (Å²) in [5.74, 6) is 0.181. The summed E-state index contributed by atoms with van der Waals surface area (Å²) >= 11 is 0. The van der Waals surface area contributed by atoms with E-state index in [1.54, 1.807) is 30.3 Å². The summed E-state index contributed by atoms with van der Waals surface area (Å²) in [5.41, 5.74) is 0.511. The number of hydrogen-bond donors (Lipinski definition) is 3. The van der Waals surface area contributed by atoms with Crippen molar-refractivity contribution in [2.75, 3.05) is 23.6 Å². The van der Waals surface area contributed by atoms with E-state index >= 15 is 0 Å². The molecule has 0 aliphatic carbocycles. The van der Waals surface area contributed by atoms with Gasteiger partial charge < -0.3 is 10.6 Å². The van der Waals surface area contributed by atoms with Gasteiger partial charge in [0.15, 0.2) is 0 Å². The highest BCUT2D eigenvalue weighted by Gasteiger charge is 2.10. The topological polar surface area (TPSA) is 87.3 Å². The van der Waals surface area contributed by atoms with E-state index in [9.17, 15) is 13.2 Å². The Labute approximate surface area is 120 Å². The van der Waals surface area contributed by atoms with Crippen molar-refractivity contribution in [1.29, 1.82) is 0 Å². The average molecular weight is 299 g/mol. The zero-order valence-electron chi connectivity index (χ0n) is 11.7. The molecule has 1 aromatic rings. The Morgan fingerprint density at radius 1 is 1.15 bits per heavy atom. The van der Waals surface area contributed by atoms with E-state index in [0.29, 0.717) is 18.2 Å². The fourth-order valence-corrected chi connectivity index (χ4v) is 2.36. The number of nitrogens with one attached hydrogen (secondary N) is 3. The van der Waals surface area contributed by atoms with E-state index in [1.165, 1.54) is 0 Å². The maximum absolute atomic E-state index is 11.8. The standard InChI is InChI=1S/C13H21N3O3S/c1-11(2)10-15-13(17)14-8-9-20(18,19)16-12-6-4-3-5-7-12/h3-7,11,16H,8-10H2,1-2H3,(H2,14,15,17). The first kappa shape index (κ1) is 16.3. The molecule has 1 rings (SSSR count). The number of para-hydroxylation sites is 1. The van der Waals surface area contributed by atoms with E-state index in [1.807, 2.05) is 13.8 Å². The molecule has 0 unspecified atom stereocenters. The minimum Gasteiger partial charge on any atom is -0.338 e. The van der Waals surface area contributed by atoms with Gasteiger partial charge in [0.1, 0.15) is 0 Å². The maximum Gasteiger partial charge on any atom is 0.314 e. The summed E-state index contributed by atoms with van der Waals surface area (Å²) in [6, 6.07) is 8.28. The third-order valence-corrected chi connectivity index (χ3v) is 3.66. The Morgan fingerprint density at radius 2 is 1.80 bits per heavy atom. The summed E-state index contributed by atoms with van der Waals surface area (Å²) in [6.45, 7) is 4.58. The molecule has 0 saturated heterocycles. The molecule has 0 aliphatic rings. The Balaban J connectivity index is 2.32. The van der Waals surface area contributed by atoms with Crippen molar-refractivity contribution < 1.29 is 13.2 Å². The zero-order chi connectivity index (χ0) is 15.0. The van der Waals surface area contributed by atoms with Crippen molar-refractivity contribution in [2.45, 2.75) is 13.8 Å². The van der Waals surface area contributed by atoms with Gasteiger partial charge in [-0.15, -0.1) is 0 Å². The van der Waals surface area contributed by atoms with E-state index in [2.05, 4.69) is 15.4 Å². The van der Waals surface area contributed by atoms with Crippen LogP contribution >= 0.6 is 0 Å². The summed E-state index contributed by atoms with van der Waals surface area (Å²) in [7, 11) is -3.45. The maximum atomic E-state index is 11.8. The number of carbonyl (C=O) groups excluding carboxylic acids is 1. The van der Waals surface area contributed by atoms with Gasteiger partial charge in [-0.2, -0.15) is 0 Å². The Hall–Kier alpha value is -1.76. The minimum absolute atomic E-state index is 0.0616. The molecular weight excluding hydrogens is 278 g/mol. The van der Waals surface area contributed by atoms with Crippen LogP contribution in [0.15, 0.2) is 30.3 Å². The highest BCUT2D eigenvalue weighted by atomic mass is 32.2. The van der Waals surface area contributed by atoms with E-state index < -0.39 is 10.0 Å². The summed E-state index contributed by atoms with van der Waals surface area (Å²) < 4.78 is 26.0. The van der Waals surface area contributed by atoms with Crippen molar-refractivity contribution in [3.05, 3.63) is 30.3 Å². The van der Waals surface area contributed by atoms with Crippen LogP contribution in [-0.2, 0) is 10.0 Å². The van der Waals surface area contributed by atoms with Crippen molar-refractivity contribution in [3.8, 4) is 0 Å². The molecule has 0 aromatic heterocycles. The van der Waals surface area contributed by atoms with Crippen LogP contribution in [0.25, 0.3) is 0 Å². The van der Waals surface area contributed by atoms with Crippen molar-refractivity contribution >= 4 is 21.7 Å². The van der Waals surface area contributed by atoms with Crippen LogP contribution in [0.5, 0.6) is 0 Å². The number of hydrogen-bond acceptors (Lipinski definition) is 3. The van der Waals surface area contributed by atoms with E-state index in [-0.39, 0.29) is 18.3 Å². The Kier molecular flexibility index (Phi) is 6.30. The summed E-state index contributed by atoms with van der Waals surface area (Å²) in [5, 5.41) is 5.16. The van der Waals surface area contributed by atoms with Crippen molar-refractivity contribution in [2.24, 2.45) is 5.92 Å². The molecule has 3 N–H and O–H groups in total. The fraction of sp³-hybridized carbons (Fsp3) is 0.462. The van der Waals surface area contributed by atoms with Gasteiger partial charge in [0, 0.05) is 18.8 Å². The quantitative estimate of drug-likeness (QED) is 0.711. The molecule has 6 nitrogen and oxygen atoms in total. The second-order valence-electron chi connectivity index (χ2n) is 4.82. The molecule has 112 valence electrons. The molecule has 0 saturated carbocycles. The zero-order valence-corrected chi connectivity index (χ0v) is 12.5. The molecule has 0 atom stereocenters. The third-order valence-electron chi connectivity index (χ3n) is 2.37. The van der Waals surface area contributed by atoms with Gasteiger partial charge in [-0.1, -0.05) is 32.0 Å². The number of sulfonamides is 1. The predicted molar refractivity (Wildman–Crippen MR) is 80.1 cm³/mol. The first-order chi connectivity index (χ1) is 9.39. The van der Waals surface area contributed by atoms with Gasteiger partial charge in [0.25, 0.3) is 0 Å². The van der Waals surface area contributed by atoms with Crippen molar-refractivity contribution in [1.82, 2.24) is 10.6 Å². The van der Waals surface area contributed by atoms with Crippen LogP contribution in [0.1, 0.15) is 13.8 Å². The predicted octanol–water partition coefficient (Wildman–Crippen LogP) is 1.38. The lowest BCUT2D eigenvalue weighted by atomic mass is 10.2. The number of rotatable bonds is 7. The lowest BCUT2D eigenvalue weighted by molar-refractivity contribution is 0.240. The van der Waals surface area contributed by atoms with Crippen molar-refractivity contribution in [3.63, 3.8) is 0 Å². The molecule has 0 spiro atoms. The SMILES string of the molecule is CC(C)CNC(=O)NCCS(=O)(=O)Nc1ccccc1. The van der Waals surface area contributed by atoms with Crippen LogP contribution in [0, 0.1) is 5.92 Å². The second-order valence-corrected chi connectivity index (χ2v) is 6.66. The molecule has 0 heterocycles. The minimum atomic E-state index is -3.45. The van der Waals surface area contributed by atoms with Gasteiger partial charge in [-0.3, -0.25) is 4.72 Å². The second kappa shape index (κ2) is 7.74. The number of anilines is 1. The Morgan fingerprint density at radius 3 is 2.40 bits per heavy atom. The van der Waals surface area contributed by atoms with Crippen LogP contribution < -0.4 is 15.4 Å². The Bertz CT molecular complexity index is 515. The molecule has 7 heteroatoms. The largest absolute Gasteiger partial charge is 0.338 e. The lowest BCUT2D eigenvalue weighted by Crippen LogP contribution is -2.40. The highest BCUT2D eigenvalue weighted by molar-refractivity contribution is 7.92. The normalized spacial score (nSPS) is 11.2. The first-order valence-corrected chi connectivity index (χ1v) is 8.11. The van der Waals surface area contributed by atoms with Crippen LogP contribution in [-0.4, -0.2) is 33.3 Å². The number of urea groups is 1. The smallest absolute Gasteiger partial charge is 0.314 e. The number of amides is 2. The lowest BCUT2D eigenvalue weighted by Gasteiger charge is -2.10. The molecule has 2 amide bonds.